The number of hydrogen-bond donors (Lipinski definition) is 2. The molecule has 0 aliphatic rings. The average molecular weight is 245 g/mol. The summed E-state index contributed by atoms with van der Waals surface area (Å²) in [6, 6.07) is 6.47. The number of amidine groups is 1. The fourth-order valence-corrected chi connectivity index (χ4v) is 1.82. The van der Waals surface area contributed by atoms with Crippen LogP contribution in [-0.2, 0) is 5.41 Å². The van der Waals surface area contributed by atoms with Crippen molar-refractivity contribution in [2.24, 2.45) is 5.73 Å². The number of para-hydroxylation sites is 1. The lowest BCUT2D eigenvalue weighted by atomic mass is 9.89. The number of fused-ring (bicyclic) bond motifs is 1. The molecule has 2 rings (SSSR count). The molecule has 0 aliphatic carbocycles. The molecule has 0 spiro atoms. The first-order valence-corrected chi connectivity index (χ1v) is 5.75. The number of halogens is 1. The van der Waals surface area contributed by atoms with Crippen molar-refractivity contribution in [2.75, 3.05) is 0 Å². The molecule has 18 heavy (non-hydrogen) atoms. The summed E-state index contributed by atoms with van der Waals surface area (Å²) in [6.45, 7) is 5.98. The number of nitrogens with zero attached hydrogens (tertiary/aromatic N) is 1. The first-order chi connectivity index (χ1) is 8.30. The lowest BCUT2D eigenvalue weighted by molar-refractivity contribution is 0.568. The van der Waals surface area contributed by atoms with Gasteiger partial charge in [-0.15, -0.1) is 0 Å². The van der Waals surface area contributed by atoms with Gasteiger partial charge in [-0.2, -0.15) is 0 Å². The standard InChI is InChI=1S/C14H16FN3/c1-14(2,3)11-7-9(13(16)17)8-5-4-6-10(15)12(8)18-11/h4-7H,1-3H3,(H3,16,17). The first kappa shape index (κ1) is 12.5. The topological polar surface area (TPSA) is 62.8 Å². The van der Waals surface area contributed by atoms with Crippen molar-refractivity contribution in [1.29, 1.82) is 5.41 Å². The number of pyridine rings is 1. The first-order valence-electron chi connectivity index (χ1n) is 5.75. The molecule has 1 aromatic carbocycles. The molecule has 0 aliphatic heterocycles. The molecule has 2 aromatic rings. The molecular weight excluding hydrogens is 229 g/mol. The average Bonchev–Trinajstić information content (AvgIpc) is 2.27. The van der Waals surface area contributed by atoms with Gasteiger partial charge in [-0.05, 0) is 12.1 Å². The summed E-state index contributed by atoms with van der Waals surface area (Å²) in [5.74, 6) is -0.459. The van der Waals surface area contributed by atoms with Crippen LogP contribution in [0.1, 0.15) is 32.0 Å². The molecule has 0 saturated carbocycles. The predicted octanol–water partition coefficient (Wildman–Crippen LogP) is 2.96. The van der Waals surface area contributed by atoms with Crippen LogP contribution in [0.5, 0.6) is 0 Å². The van der Waals surface area contributed by atoms with Gasteiger partial charge in [0.1, 0.15) is 17.2 Å². The molecule has 0 amide bonds. The van der Waals surface area contributed by atoms with E-state index in [1.54, 1.807) is 18.2 Å². The highest BCUT2D eigenvalue weighted by molar-refractivity contribution is 6.06. The second-order valence-electron chi connectivity index (χ2n) is 5.35. The van der Waals surface area contributed by atoms with Crippen molar-refractivity contribution in [3.8, 4) is 0 Å². The SMILES string of the molecule is CC(C)(C)c1cc(C(=N)N)c2cccc(F)c2n1. The Hall–Kier alpha value is -1.97. The van der Waals surface area contributed by atoms with Gasteiger partial charge in [0.15, 0.2) is 0 Å². The van der Waals surface area contributed by atoms with Gasteiger partial charge in [0.2, 0.25) is 0 Å². The Morgan fingerprint density at radius 1 is 1.33 bits per heavy atom. The molecule has 0 fully saturated rings. The highest BCUT2D eigenvalue weighted by atomic mass is 19.1. The maximum Gasteiger partial charge on any atom is 0.149 e. The predicted molar refractivity (Wildman–Crippen MR) is 71.4 cm³/mol. The molecule has 3 N–H and O–H groups in total. The second kappa shape index (κ2) is 4.05. The Kier molecular flexibility index (Phi) is 2.81. The van der Waals surface area contributed by atoms with E-state index >= 15 is 0 Å². The Balaban J connectivity index is 2.88. The van der Waals surface area contributed by atoms with E-state index in [2.05, 4.69) is 4.98 Å². The maximum absolute atomic E-state index is 13.8. The van der Waals surface area contributed by atoms with Crippen LogP contribution in [0.2, 0.25) is 0 Å². The minimum atomic E-state index is -0.388. The third-order valence-electron chi connectivity index (χ3n) is 2.85. The largest absolute Gasteiger partial charge is 0.384 e. The van der Waals surface area contributed by atoms with Gasteiger partial charge in [0, 0.05) is 22.1 Å². The quantitative estimate of drug-likeness (QED) is 0.599. The van der Waals surface area contributed by atoms with Gasteiger partial charge in [0.25, 0.3) is 0 Å². The second-order valence-corrected chi connectivity index (χ2v) is 5.35. The lowest BCUT2D eigenvalue weighted by Gasteiger charge is -2.19. The lowest BCUT2D eigenvalue weighted by Crippen LogP contribution is -2.18. The number of nitrogens with one attached hydrogen (secondary N) is 1. The number of aromatic nitrogens is 1. The normalized spacial score (nSPS) is 11.8. The molecule has 0 unspecified atom stereocenters. The monoisotopic (exact) mass is 245 g/mol. The van der Waals surface area contributed by atoms with Gasteiger partial charge in [0.05, 0.1) is 0 Å². The van der Waals surface area contributed by atoms with Crippen LogP contribution in [0.4, 0.5) is 4.39 Å². The Labute approximate surface area is 105 Å². The van der Waals surface area contributed by atoms with Gasteiger partial charge in [-0.25, -0.2) is 9.37 Å². The third-order valence-corrected chi connectivity index (χ3v) is 2.85. The van der Waals surface area contributed by atoms with E-state index in [0.717, 1.165) is 5.69 Å². The number of nitrogens with two attached hydrogens (primary N) is 1. The molecule has 1 aromatic heterocycles. The summed E-state index contributed by atoms with van der Waals surface area (Å²) >= 11 is 0. The highest BCUT2D eigenvalue weighted by Crippen LogP contribution is 2.27. The molecule has 0 saturated heterocycles. The minimum absolute atomic E-state index is 0.0708. The summed E-state index contributed by atoms with van der Waals surface area (Å²) in [4.78, 5) is 4.36. The summed E-state index contributed by atoms with van der Waals surface area (Å²) in [7, 11) is 0. The van der Waals surface area contributed by atoms with E-state index < -0.39 is 0 Å². The van der Waals surface area contributed by atoms with Crippen molar-refractivity contribution in [1.82, 2.24) is 4.98 Å². The van der Waals surface area contributed by atoms with Gasteiger partial charge < -0.3 is 5.73 Å². The van der Waals surface area contributed by atoms with Crippen LogP contribution < -0.4 is 5.73 Å². The van der Waals surface area contributed by atoms with E-state index in [1.165, 1.54) is 6.07 Å². The molecule has 0 atom stereocenters. The summed E-state index contributed by atoms with van der Waals surface area (Å²) < 4.78 is 13.8. The molecule has 3 nitrogen and oxygen atoms in total. The molecule has 0 bridgehead atoms. The zero-order valence-corrected chi connectivity index (χ0v) is 10.7. The third kappa shape index (κ3) is 2.06. The summed E-state index contributed by atoms with van der Waals surface area (Å²) in [5, 5.41) is 8.20. The van der Waals surface area contributed by atoms with Gasteiger partial charge in [-0.1, -0.05) is 32.9 Å². The van der Waals surface area contributed by atoms with Crippen LogP contribution in [0.25, 0.3) is 10.9 Å². The summed E-state index contributed by atoms with van der Waals surface area (Å²) in [6.07, 6.45) is 0. The van der Waals surface area contributed by atoms with E-state index in [0.29, 0.717) is 10.9 Å². The van der Waals surface area contributed by atoms with Crippen LogP contribution >= 0.6 is 0 Å². The number of hydrogen-bond acceptors (Lipinski definition) is 2. The van der Waals surface area contributed by atoms with Gasteiger partial charge in [-0.3, -0.25) is 5.41 Å². The molecule has 94 valence electrons. The van der Waals surface area contributed by atoms with Crippen molar-refractivity contribution in [3.63, 3.8) is 0 Å². The maximum atomic E-state index is 13.8. The molecule has 0 radical (unpaired) electrons. The van der Waals surface area contributed by atoms with Crippen molar-refractivity contribution < 1.29 is 4.39 Å². The fraction of sp³-hybridized carbons (Fsp3) is 0.286. The fourth-order valence-electron chi connectivity index (χ4n) is 1.82. The van der Waals surface area contributed by atoms with E-state index in [9.17, 15) is 4.39 Å². The molecule has 4 heteroatoms. The van der Waals surface area contributed by atoms with Crippen molar-refractivity contribution >= 4 is 16.7 Å². The van der Waals surface area contributed by atoms with E-state index in [4.69, 9.17) is 11.1 Å². The van der Waals surface area contributed by atoms with Crippen LogP contribution in [0.15, 0.2) is 24.3 Å². The van der Waals surface area contributed by atoms with Crippen LogP contribution in [-0.4, -0.2) is 10.8 Å². The molecular formula is C14H16FN3. The van der Waals surface area contributed by atoms with E-state index in [1.807, 2.05) is 20.8 Å². The van der Waals surface area contributed by atoms with E-state index in [-0.39, 0.29) is 22.6 Å². The zero-order valence-electron chi connectivity index (χ0n) is 10.7. The van der Waals surface area contributed by atoms with Crippen LogP contribution in [0.3, 0.4) is 0 Å². The van der Waals surface area contributed by atoms with Crippen LogP contribution in [0, 0.1) is 11.2 Å². The van der Waals surface area contributed by atoms with Gasteiger partial charge >= 0.3 is 0 Å². The Bertz CT molecular complexity index is 627. The smallest absolute Gasteiger partial charge is 0.149 e. The number of rotatable bonds is 1. The number of nitrogen functional groups attached to an aromatic ring is 1. The highest BCUT2D eigenvalue weighted by Gasteiger charge is 2.19. The van der Waals surface area contributed by atoms with Crippen molar-refractivity contribution in [2.45, 2.75) is 26.2 Å². The minimum Gasteiger partial charge on any atom is -0.384 e. The number of benzene rings is 1. The van der Waals surface area contributed by atoms with Crippen molar-refractivity contribution in [3.05, 3.63) is 41.3 Å². The zero-order chi connectivity index (χ0) is 13.5. The molecule has 1 heterocycles. The Morgan fingerprint density at radius 3 is 2.56 bits per heavy atom. The summed E-state index contributed by atoms with van der Waals surface area (Å²) in [5.41, 5.74) is 6.89. The Morgan fingerprint density at radius 2 is 2.00 bits per heavy atom.